The van der Waals surface area contributed by atoms with Gasteiger partial charge in [0, 0.05) is 29.1 Å². The van der Waals surface area contributed by atoms with Crippen LogP contribution in [0.25, 0.3) is 10.9 Å². The van der Waals surface area contributed by atoms with Gasteiger partial charge >= 0.3 is 0 Å². The van der Waals surface area contributed by atoms with Gasteiger partial charge in [0.1, 0.15) is 0 Å². The molecule has 3 rings (SSSR count). The van der Waals surface area contributed by atoms with E-state index in [1.165, 1.54) is 5.56 Å². The molecular formula is C19H17NO2. The smallest absolute Gasteiger partial charge is 0.156 e. The van der Waals surface area contributed by atoms with Gasteiger partial charge in [-0.05, 0) is 18.6 Å². The molecule has 0 fully saturated rings. The highest BCUT2D eigenvalue weighted by atomic mass is 16.1. The number of hydrogen-bond acceptors (Lipinski definition) is 2. The molecular weight excluding hydrogens is 274 g/mol. The standard InChI is InChI=1S/C19H17NO2/c1-14-6-8-15(9-7-14)10-17(22)12-20-11-16(13-21)18-4-2-3-5-19(18)20/h2-9,11,13H,10,12H2,1H3. The molecule has 0 unspecified atom stereocenters. The van der Waals surface area contributed by atoms with Gasteiger partial charge in [0.15, 0.2) is 12.1 Å². The first-order valence-corrected chi connectivity index (χ1v) is 7.27. The Morgan fingerprint density at radius 1 is 1.09 bits per heavy atom. The van der Waals surface area contributed by atoms with Crippen LogP contribution in [0.15, 0.2) is 54.7 Å². The van der Waals surface area contributed by atoms with Crippen LogP contribution in [0.2, 0.25) is 0 Å². The van der Waals surface area contributed by atoms with Crippen LogP contribution in [0.4, 0.5) is 0 Å². The molecule has 0 aliphatic heterocycles. The zero-order valence-corrected chi connectivity index (χ0v) is 12.5. The lowest BCUT2D eigenvalue weighted by Crippen LogP contribution is -2.11. The van der Waals surface area contributed by atoms with E-state index in [2.05, 4.69) is 0 Å². The maximum Gasteiger partial charge on any atom is 0.156 e. The van der Waals surface area contributed by atoms with E-state index >= 15 is 0 Å². The predicted octanol–water partition coefficient (Wildman–Crippen LogP) is 3.57. The second-order valence-electron chi connectivity index (χ2n) is 5.55. The van der Waals surface area contributed by atoms with Crippen LogP contribution in [0.5, 0.6) is 0 Å². The number of ketones is 1. The topological polar surface area (TPSA) is 39.1 Å². The van der Waals surface area contributed by atoms with Crippen molar-refractivity contribution in [2.75, 3.05) is 0 Å². The minimum atomic E-state index is 0.127. The fourth-order valence-corrected chi connectivity index (χ4v) is 2.68. The molecule has 0 saturated carbocycles. The Bertz CT molecular complexity index is 828. The molecule has 0 radical (unpaired) electrons. The molecule has 0 N–H and O–H groups in total. The monoisotopic (exact) mass is 291 g/mol. The second kappa shape index (κ2) is 5.98. The third kappa shape index (κ3) is 2.84. The van der Waals surface area contributed by atoms with E-state index in [0.29, 0.717) is 12.0 Å². The Labute approximate surface area is 129 Å². The molecule has 1 heterocycles. The van der Waals surface area contributed by atoms with E-state index in [9.17, 15) is 9.59 Å². The number of Topliss-reactive ketones (excluding diaryl/α,β-unsaturated/α-hetero) is 1. The average Bonchev–Trinajstić information content (AvgIpc) is 2.88. The molecule has 1 aromatic heterocycles. The van der Waals surface area contributed by atoms with Gasteiger partial charge in [-0.25, -0.2) is 0 Å². The van der Waals surface area contributed by atoms with Gasteiger partial charge in [-0.2, -0.15) is 0 Å². The van der Waals surface area contributed by atoms with E-state index in [1.807, 2.05) is 60.0 Å². The summed E-state index contributed by atoms with van der Waals surface area (Å²) in [6.45, 7) is 2.31. The highest BCUT2D eigenvalue weighted by Crippen LogP contribution is 2.20. The van der Waals surface area contributed by atoms with Crippen molar-refractivity contribution in [3.63, 3.8) is 0 Å². The first-order valence-electron chi connectivity index (χ1n) is 7.27. The first kappa shape index (κ1) is 14.3. The van der Waals surface area contributed by atoms with Crippen molar-refractivity contribution in [3.8, 4) is 0 Å². The van der Waals surface area contributed by atoms with Gasteiger partial charge in [-0.15, -0.1) is 0 Å². The number of aryl methyl sites for hydroxylation is 1. The summed E-state index contributed by atoms with van der Waals surface area (Å²) < 4.78 is 1.86. The molecule has 2 aromatic carbocycles. The molecule has 0 atom stereocenters. The molecule has 0 aliphatic carbocycles. The fraction of sp³-hybridized carbons (Fsp3) is 0.158. The Morgan fingerprint density at radius 3 is 2.55 bits per heavy atom. The van der Waals surface area contributed by atoms with Crippen LogP contribution in [-0.4, -0.2) is 16.6 Å². The van der Waals surface area contributed by atoms with Crippen molar-refractivity contribution in [3.05, 3.63) is 71.4 Å². The van der Waals surface area contributed by atoms with Crippen LogP contribution in [0, 0.1) is 6.92 Å². The highest BCUT2D eigenvalue weighted by Gasteiger charge is 2.11. The van der Waals surface area contributed by atoms with Crippen molar-refractivity contribution in [1.29, 1.82) is 0 Å². The molecule has 0 amide bonds. The maximum absolute atomic E-state index is 12.3. The number of hydrogen-bond donors (Lipinski definition) is 0. The van der Waals surface area contributed by atoms with Crippen molar-refractivity contribution in [1.82, 2.24) is 4.57 Å². The summed E-state index contributed by atoms with van der Waals surface area (Å²) in [7, 11) is 0. The Morgan fingerprint density at radius 2 is 1.82 bits per heavy atom. The number of carbonyl (C=O) groups excluding carboxylic acids is 2. The molecule has 0 spiro atoms. The van der Waals surface area contributed by atoms with Crippen LogP contribution in [0.3, 0.4) is 0 Å². The van der Waals surface area contributed by atoms with Crippen LogP contribution in [0.1, 0.15) is 21.5 Å². The van der Waals surface area contributed by atoms with Crippen molar-refractivity contribution >= 4 is 23.0 Å². The van der Waals surface area contributed by atoms with Gasteiger partial charge < -0.3 is 4.57 Å². The number of aromatic nitrogens is 1. The van der Waals surface area contributed by atoms with Gasteiger partial charge in [0.25, 0.3) is 0 Å². The van der Waals surface area contributed by atoms with Crippen LogP contribution >= 0.6 is 0 Å². The summed E-state index contributed by atoms with van der Waals surface area (Å²) in [5.41, 5.74) is 3.74. The Hall–Kier alpha value is -2.68. The maximum atomic E-state index is 12.3. The lowest BCUT2D eigenvalue weighted by atomic mass is 10.1. The third-order valence-electron chi connectivity index (χ3n) is 3.81. The number of aldehydes is 1. The molecule has 110 valence electrons. The van der Waals surface area contributed by atoms with E-state index in [-0.39, 0.29) is 12.3 Å². The van der Waals surface area contributed by atoms with Crippen molar-refractivity contribution in [2.45, 2.75) is 19.9 Å². The fourth-order valence-electron chi connectivity index (χ4n) is 2.68. The molecule has 0 aliphatic rings. The average molecular weight is 291 g/mol. The highest BCUT2D eigenvalue weighted by molar-refractivity contribution is 5.98. The Balaban J connectivity index is 1.82. The summed E-state index contributed by atoms with van der Waals surface area (Å²) in [6.07, 6.45) is 3.00. The van der Waals surface area contributed by atoms with E-state index in [4.69, 9.17) is 0 Å². The Kier molecular flexibility index (Phi) is 3.88. The summed E-state index contributed by atoms with van der Waals surface area (Å²) in [5, 5.41) is 0.889. The van der Waals surface area contributed by atoms with Crippen molar-refractivity contribution in [2.24, 2.45) is 0 Å². The number of rotatable bonds is 5. The first-order chi connectivity index (χ1) is 10.7. The largest absolute Gasteiger partial charge is 0.339 e. The SMILES string of the molecule is Cc1ccc(CC(=O)Cn2cc(C=O)c3ccccc32)cc1. The molecule has 3 heteroatoms. The summed E-state index contributed by atoms with van der Waals surface area (Å²) in [5.74, 6) is 0.127. The van der Waals surface area contributed by atoms with Gasteiger partial charge in [-0.1, -0.05) is 48.0 Å². The lowest BCUT2D eigenvalue weighted by Gasteiger charge is -2.05. The second-order valence-corrected chi connectivity index (χ2v) is 5.55. The normalized spacial score (nSPS) is 10.8. The predicted molar refractivity (Wildman–Crippen MR) is 87.2 cm³/mol. The quantitative estimate of drug-likeness (QED) is 0.674. The van der Waals surface area contributed by atoms with E-state index < -0.39 is 0 Å². The minimum absolute atomic E-state index is 0.127. The minimum Gasteiger partial charge on any atom is -0.339 e. The summed E-state index contributed by atoms with van der Waals surface area (Å²) in [4.78, 5) is 23.4. The lowest BCUT2D eigenvalue weighted by molar-refractivity contribution is -0.118. The van der Waals surface area contributed by atoms with Gasteiger partial charge in [-0.3, -0.25) is 9.59 Å². The molecule has 22 heavy (non-hydrogen) atoms. The van der Waals surface area contributed by atoms with E-state index in [0.717, 1.165) is 22.8 Å². The van der Waals surface area contributed by atoms with Crippen molar-refractivity contribution < 1.29 is 9.59 Å². The number of fused-ring (bicyclic) bond motifs is 1. The van der Waals surface area contributed by atoms with E-state index in [1.54, 1.807) is 6.20 Å². The number of para-hydroxylation sites is 1. The molecule has 3 aromatic rings. The summed E-state index contributed by atoms with van der Waals surface area (Å²) >= 11 is 0. The molecule has 0 bridgehead atoms. The third-order valence-corrected chi connectivity index (χ3v) is 3.81. The number of benzene rings is 2. The van der Waals surface area contributed by atoms with Crippen LogP contribution < -0.4 is 0 Å². The zero-order chi connectivity index (χ0) is 15.5. The number of carbonyl (C=O) groups is 2. The van der Waals surface area contributed by atoms with Gasteiger partial charge in [0.05, 0.1) is 6.54 Å². The number of nitrogens with zero attached hydrogens (tertiary/aromatic N) is 1. The molecule has 3 nitrogen and oxygen atoms in total. The zero-order valence-electron chi connectivity index (χ0n) is 12.5. The summed E-state index contributed by atoms with van der Waals surface area (Å²) in [6, 6.07) is 15.6. The molecule has 0 saturated heterocycles. The van der Waals surface area contributed by atoms with Gasteiger partial charge in [0.2, 0.25) is 0 Å². The van der Waals surface area contributed by atoms with Crippen LogP contribution in [-0.2, 0) is 17.8 Å².